The van der Waals surface area contributed by atoms with E-state index in [1.54, 1.807) is 17.9 Å². The third kappa shape index (κ3) is 3.20. The maximum Gasteiger partial charge on any atom is 0.244 e. The average Bonchev–Trinajstić information content (AvgIpc) is 3.20. The quantitative estimate of drug-likeness (QED) is 0.825. The van der Waals surface area contributed by atoms with E-state index in [2.05, 4.69) is 14.8 Å². The molecule has 4 rings (SSSR count). The van der Waals surface area contributed by atoms with Gasteiger partial charge in [0.25, 0.3) is 0 Å². The van der Waals surface area contributed by atoms with E-state index in [-0.39, 0.29) is 11.5 Å². The molecule has 3 heterocycles. The van der Waals surface area contributed by atoms with Crippen LogP contribution >= 0.6 is 11.6 Å². The van der Waals surface area contributed by atoms with Crippen molar-refractivity contribution in [3.8, 4) is 5.75 Å². The third-order valence-electron chi connectivity index (χ3n) is 4.49. The summed E-state index contributed by atoms with van der Waals surface area (Å²) >= 11 is 6.11. The predicted octanol–water partition coefficient (Wildman–Crippen LogP) is 1.83. The minimum absolute atomic E-state index is 0.0752. The lowest BCUT2D eigenvalue weighted by molar-refractivity contribution is 0.177. The van der Waals surface area contributed by atoms with Crippen molar-refractivity contribution in [3.63, 3.8) is 0 Å². The molecule has 8 nitrogen and oxygen atoms in total. The number of aryl methyl sites for hydroxylation is 1. The van der Waals surface area contributed by atoms with Crippen LogP contribution in [0.3, 0.4) is 0 Å². The first kappa shape index (κ1) is 17.7. The lowest BCUT2D eigenvalue weighted by Gasteiger charge is -2.23. The van der Waals surface area contributed by atoms with Crippen molar-refractivity contribution in [2.24, 2.45) is 0 Å². The van der Waals surface area contributed by atoms with Crippen molar-refractivity contribution in [1.29, 1.82) is 0 Å². The number of nitrogens with one attached hydrogen (secondary N) is 1. The molecular formula is C16H19ClN4O4S. The minimum Gasteiger partial charge on any atom is -0.492 e. The predicted molar refractivity (Wildman–Crippen MR) is 93.7 cm³/mol. The normalized spacial score (nSPS) is 19.1. The Balaban J connectivity index is 1.66. The molecule has 2 aliphatic rings. The number of hydrogen-bond acceptors (Lipinski definition) is 6. The smallest absolute Gasteiger partial charge is 0.244 e. The molecule has 2 aliphatic heterocycles. The molecule has 140 valence electrons. The summed E-state index contributed by atoms with van der Waals surface area (Å²) in [5.41, 5.74) is 0.812. The van der Waals surface area contributed by atoms with E-state index in [0.29, 0.717) is 48.4 Å². The maximum absolute atomic E-state index is 13.0. The van der Waals surface area contributed by atoms with Crippen LogP contribution in [0.15, 0.2) is 17.0 Å². The van der Waals surface area contributed by atoms with E-state index in [1.807, 2.05) is 0 Å². The standard InChI is InChI=1S/C16H19ClN4O4S/c1-24-9-14-18-16-12(3-2-5-21(16)19-14)20-26(22,23)13-8-11(17)7-10-4-6-25-15(10)13/h7-8,12,20H,2-6,9H2,1H3/t12-/m1/s1. The highest BCUT2D eigenvalue weighted by atomic mass is 35.5. The second kappa shape index (κ2) is 6.80. The van der Waals surface area contributed by atoms with Crippen molar-refractivity contribution < 1.29 is 17.9 Å². The van der Waals surface area contributed by atoms with E-state index >= 15 is 0 Å². The minimum atomic E-state index is -3.83. The van der Waals surface area contributed by atoms with Gasteiger partial charge in [-0.2, -0.15) is 5.10 Å². The second-order valence-corrected chi connectivity index (χ2v) is 8.47. The molecule has 0 amide bonds. The van der Waals surface area contributed by atoms with Crippen LogP contribution in [0.4, 0.5) is 0 Å². The van der Waals surface area contributed by atoms with E-state index < -0.39 is 16.1 Å². The zero-order valence-electron chi connectivity index (χ0n) is 14.2. The van der Waals surface area contributed by atoms with Crippen molar-refractivity contribution in [3.05, 3.63) is 34.4 Å². The first-order chi connectivity index (χ1) is 12.5. The molecule has 0 fully saturated rings. The fourth-order valence-electron chi connectivity index (χ4n) is 3.39. The monoisotopic (exact) mass is 398 g/mol. The summed E-state index contributed by atoms with van der Waals surface area (Å²) in [5.74, 6) is 1.53. The first-order valence-corrected chi connectivity index (χ1v) is 10.2. The lowest BCUT2D eigenvalue weighted by atomic mass is 10.1. The molecule has 1 aromatic carbocycles. The number of nitrogens with zero attached hydrogens (tertiary/aromatic N) is 3. The van der Waals surface area contributed by atoms with Gasteiger partial charge in [-0.15, -0.1) is 0 Å². The van der Waals surface area contributed by atoms with Crippen LogP contribution < -0.4 is 9.46 Å². The van der Waals surface area contributed by atoms with Gasteiger partial charge < -0.3 is 9.47 Å². The van der Waals surface area contributed by atoms with Gasteiger partial charge in [0.1, 0.15) is 23.1 Å². The average molecular weight is 399 g/mol. The van der Waals surface area contributed by atoms with Gasteiger partial charge >= 0.3 is 0 Å². The molecule has 0 saturated heterocycles. The van der Waals surface area contributed by atoms with Crippen LogP contribution in [0, 0.1) is 0 Å². The number of methoxy groups -OCH3 is 1. The van der Waals surface area contributed by atoms with E-state index in [1.165, 1.54) is 6.07 Å². The van der Waals surface area contributed by atoms with Gasteiger partial charge in [0.15, 0.2) is 5.82 Å². The number of benzene rings is 1. The Morgan fingerprint density at radius 3 is 3.12 bits per heavy atom. The molecule has 2 aromatic rings. The SMILES string of the molecule is COCc1nc2n(n1)CCC[C@H]2NS(=O)(=O)c1cc(Cl)cc2c1OCC2. The van der Waals surface area contributed by atoms with Gasteiger partial charge in [-0.25, -0.2) is 22.8 Å². The Labute approximate surface area is 156 Å². The van der Waals surface area contributed by atoms with Crippen molar-refractivity contribution in [2.45, 2.75) is 43.4 Å². The van der Waals surface area contributed by atoms with E-state index in [4.69, 9.17) is 21.1 Å². The molecule has 0 aliphatic carbocycles. The molecule has 1 N–H and O–H groups in total. The number of rotatable bonds is 5. The Morgan fingerprint density at radius 1 is 1.46 bits per heavy atom. The van der Waals surface area contributed by atoms with Crippen LogP contribution in [-0.4, -0.2) is 36.9 Å². The lowest BCUT2D eigenvalue weighted by Crippen LogP contribution is -2.33. The number of hydrogen-bond donors (Lipinski definition) is 1. The van der Waals surface area contributed by atoms with Crippen molar-refractivity contribution in [2.75, 3.05) is 13.7 Å². The highest BCUT2D eigenvalue weighted by Crippen LogP contribution is 2.36. The molecule has 0 radical (unpaired) electrons. The van der Waals surface area contributed by atoms with Crippen LogP contribution in [0.1, 0.15) is 36.1 Å². The molecule has 0 unspecified atom stereocenters. The summed E-state index contributed by atoms with van der Waals surface area (Å²) < 4.78 is 41.1. The first-order valence-electron chi connectivity index (χ1n) is 8.38. The Hall–Kier alpha value is -1.68. The molecule has 0 saturated carbocycles. The summed E-state index contributed by atoms with van der Waals surface area (Å²) in [7, 11) is -2.26. The zero-order valence-corrected chi connectivity index (χ0v) is 15.8. The number of fused-ring (bicyclic) bond motifs is 2. The third-order valence-corrected chi connectivity index (χ3v) is 6.19. The summed E-state index contributed by atoms with van der Waals surface area (Å²) in [6.45, 7) is 1.45. The fraction of sp³-hybridized carbons (Fsp3) is 0.500. The number of sulfonamides is 1. The molecule has 26 heavy (non-hydrogen) atoms. The molecule has 1 aromatic heterocycles. The zero-order chi connectivity index (χ0) is 18.3. The van der Waals surface area contributed by atoms with Gasteiger partial charge in [-0.05, 0) is 25.0 Å². The van der Waals surface area contributed by atoms with Gasteiger partial charge in [-0.3, -0.25) is 0 Å². The van der Waals surface area contributed by atoms with Crippen LogP contribution in [-0.2, 0) is 34.3 Å². The molecule has 0 bridgehead atoms. The highest BCUT2D eigenvalue weighted by molar-refractivity contribution is 7.89. The topological polar surface area (TPSA) is 95.3 Å². The summed E-state index contributed by atoms with van der Waals surface area (Å²) in [6, 6.07) is 2.72. The van der Waals surface area contributed by atoms with E-state index in [0.717, 1.165) is 12.0 Å². The molecule has 0 spiro atoms. The fourth-order valence-corrected chi connectivity index (χ4v) is 5.13. The molecule has 10 heteroatoms. The van der Waals surface area contributed by atoms with Gasteiger partial charge in [0, 0.05) is 30.7 Å². The van der Waals surface area contributed by atoms with Crippen LogP contribution in [0.25, 0.3) is 0 Å². The van der Waals surface area contributed by atoms with Crippen molar-refractivity contribution in [1.82, 2.24) is 19.5 Å². The Morgan fingerprint density at radius 2 is 2.31 bits per heavy atom. The second-order valence-electron chi connectivity index (χ2n) is 6.35. The maximum atomic E-state index is 13.0. The Bertz CT molecular complexity index is 944. The van der Waals surface area contributed by atoms with E-state index in [9.17, 15) is 8.42 Å². The summed E-state index contributed by atoms with van der Waals surface area (Å²) in [6.07, 6.45) is 2.10. The number of ether oxygens (including phenoxy) is 2. The number of halogens is 1. The van der Waals surface area contributed by atoms with Crippen molar-refractivity contribution >= 4 is 21.6 Å². The number of aromatic nitrogens is 3. The molecule has 1 atom stereocenters. The van der Waals surface area contributed by atoms with Gasteiger partial charge in [0.2, 0.25) is 10.0 Å². The summed E-state index contributed by atoms with van der Waals surface area (Å²) in [4.78, 5) is 4.51. The van der Waals surface area contributed by atoms with Gasteiger partial charge in [0.05, 0.1) is 12.6 Å². The highest BCUT2D eigenvalue weighted by Gasteiger charge is 2.32. The van der Waals surface area contributed by atoms with Crippen LogP contribution in [0.2, 0.25) is 5.02 Å². The largest absolute Gasteiger partial charge is 0.492 e. The molecular weight excluding hydrogens is 380 g/mol. The summed E-state index contributed by atoms with van der Waals surface area (Å²) in [5, 5.41) is 4.74. The Kier molecular flexibility index (Phi) is 4.64. The van der Waals surface area contributed by atoms with Crippen LogP contribution in [0.5, 0.6) is 5.75 Å². The van der Waals surface area contributed by atoms with Gasteiger partial charge in [-0.1, -0.05) is 11.6 Å².